The Hall–Kier alpha value is -0.570. The van der Waals surface area contributed by atoms with Crippen molar-refractivity contribution in [1.82, 2.24) is 0 Å². The Morgan fingerprint density at radius 1 is 1.00 bits per heavy atom. The molecule has 0 spiro atoms. The molecular weight excluding hydrogens is 316 g/mol. The monoisotopic (exact) mass is 336 g/mol. The quantitative estimate of drug-likeness (QED) is 0.0921. The summed E-state index contributed by atoms with van der Waals surface area (Å²) in [4.78, 5) is 0. The van der Waals surface area contributed by atoms with Gasteiger partial charge in [-0.3, -0.25) is 30.7 Å². The second-order valence-electron chi connectivity index (χ2n) is 2.86. The van der Waals surface area contributed by atoms with Crippen molar-refractivity contribution in [2.45, 2.75) is 24.6 Å². The van der Waals surface area contributed by atoms with Gasteiger partial charge in [-0.1, -0.05) is 0 Å². The van der Waals surface area contributed by atoms with Crippen molar-refractivity contribution < 1.29 is 28.3 Å². The molecule has 10 nitrogen and oxygen atoms in total. The lowest BCUT2D eigenvalue weighted by Crippen LogP contribution is -2.44. The second kappa shape index (κ2) is 12.5. The largest absolute Gasteiger partial charge is 0.759 e. The van der Waals surface area contributed by atoms with Gasteiger partial charge in [-0.2, -0.15) is 0 Å². The van der Waals surface area contributed by atoms with E-state index in [0.717, 1.165) is 0 Å². The van der Waals surface area contributed by atoms with E-state index in [-0.39, 0.29) is 10.7 Å². The van der Waals surface area contributed by atoms with Gasteiger partial charge >= 0.3 is 10.3 Å². The summed E-state index contributed by atoms with van der Waals surface area (Å²) in [7, 11) is -5.17. The Morgan fingerprint density at radius 2 is 1.16 bits per heavy atom. The van der Waals surface area contributed by atoms with Crippen molar-refractivity contribution in [1.29, 1.82) is 0 Å². The lowest BCUT2D eigenvalue weighted by atomic mass is 10.8. The van der Waals surface area contributed by atoms with E-state index < -0.39 is 10.4 Å². The van der Waals surface area contributed by atoms with E-state index in [2.05, 4.69) is 0 Å². The molecule has 0 heterocycles. The summed E-state index contributed by atoms with van der Waals surface area (Å²) >= 11 is 2.52. The van der Waals surface area contributed by atoms with Crippen LogP contribution in [0.25, 0.3) is 0 Å². The minimum absolute atomic E-state index is 0.00463. The van der Waals surface area contributed by atoms with E-state index in [1.165, 1.54) is 23.5 Å². The summed E-state index contributed by atoms with van der Waals surface area (Å²) in [6.45, 7) is 3.65. The maximum atomic E-state index is 8.52. The number of hydrogen-bond donors (Lipinski definition) is 6. The summed E-state index contributed by atoms with van der Waals surface area (Å²) in [6, 6.07) is 0. The van der Waals surface area contributed by atoms with Crippen molar-refractivity contribution in [2.75, 3.05) is 0 Å². The van der Waals surface area contributed by atoms with E-state index in [9.17, 15) is 0 Å². The van der Waals surface area contributed by atoms with Crippen LogP contribution in [-0.4, -0.2) is 38.6 Å². The van der Waals surface area contributed by atoms with E-state index in [4.69, 9.17) is 51.3 Å². The Labute approximate surface area is 120 Å². The Bertz CT molecular complexity index is 330. The Balaban J connectivity index is -0.000000206. The first-order valence-electron chi connectivity index (χ1n) is 4.52. The lowest BCUT2D eigenvalue weighted by Gasteiger charge is -2.06. The van der Waals surface area contributed by atoms with Crippen LogP contribution in [0, 0.1) is 0 Å². The fourth-order valence-electron chi connectivity index (χ4n) is 0.429. The molecule has 0 saturated heterocycles. The molecule has 0 bridgehead atoms. The van der Waals surface area contributed by atoms with Crippen molar-refractivity contribution >= 4 is 44.3 Å². The van der Waals surface area contributed by atoms with Crippen LogP contribution in [0.2, 0.25) is 0 Å². The zero-order valence-corrected chi connectivity index (χ0v) is 12.9. The van der Waals surface area contributed by atoms with Crippen LogP contribution in [-0.2, 0) is 10.4 Å². The lowest BCUT2D eigenvalue weighted by molar-refractivity contribution is -0.110. The van der Waals surface area contributed by atoms with E-state index in [1.807, 2.05) is 13.8 Å². The molecule has 116 valence electrons. The standard InChI is InChI=1S/2C3H9N3S.H2O4S/c2*1-2(4)7-3(5)6;1-5(2,3)4/h2*2H,4H2,1H3,(H3,5,6);(H2,1,2,3,4). The van der Waals surface area contributed by atoms with E-state index in [0.29, 0.717) is 10.3 Å². The third-order valence-electron chi connectivity index (χ3n) is 0.644. The van der Waals surface area contributed by atoms with Crippen LogP contribution in [0.1, 0.15) is 13.8 Å². The normalized spacial score (nSPS) is 12.9. The third kappa shape index (κ3) is 75.2. The molecule has 0 aromatic heterocycles. The van der Waals surface area contributed by atoms with E-state index in [1.54, 1.807) is 0 Å². The summed E-state index contributed by atoms with van der Waals surface area (Å²) in [5, 5.41) is 10.8. The molecule has 0 aliphatic heterocycles. The highest BCUT2D eigenvalue weighted by Crippen LogP contribution is 1.98. The average molecular weight is 336 g/mol. The Morgan fingerprint density at radius 3 is 1.16 bits per heavy atom. The van der Waals surface area contributed by atoms with Gasteiger partial charge in [0.1, 0.15) is 0 Å². The molecule has 0 aliphatic rings. The fourth-order valence-corrected chi connectivity index (χ4v) is 1.29. The molecule has 12 N–H and O–H groups in total. The predicted molar refractivity (Wildman–Crippen MR) is 75.2 cm³/mol. The van der Waals surface area contributed by atoms with Crippen LogP contribution in [0.3, 0.4) is 0 Å². The second-order valence-corrected chi connectivity index (χ2v) is 6.58. The molecule has 0 aromatic carbocycles. The molecule has 13 heteroatoms. The summed E-state index contributed by atoms with van der Waals surface area (Å²) in [5.74, 6) is 0. The molecule has 0 amide bonds. The van der Waals surface area contributed by atoms with Gasteiger partial charge in [-0.25, -0.2) is 0 Å². The molecule has 2 atom stereocenters. The smallest absolute Gasteiger partial charge is 0.301 e. The average Bonchev–Trinajstić information content (AvgIpc) is 1.93. The van der Waals surface area contributed by atoms with Crippen LogP contribution in [0.4, 0.5) is 0 Å². The van der Waals surface area contributed by atoms with Crippen molar-refractivity contribution in [3.05, 3.63) is 0 Å². The molecule has 19 heavy (non-hydrogen) atoms. The molecule has 2 unspecified atom stereocenters. The van der Waals surface area contributed by atoms with Crippen LogP contribution < -0.4 is 33.8 Å². The topological polar surface area (TPSA) is 236 Å². The zero-order valence-electron chi connectivity index (χ0n) is 10.5. The molecule has 0 aromatic rings. The van der Waals surface area contributed by atoms with Crippen LogP contribution in [0.5, 0.6) is 0 Å². The minimum atomic E-state index is -5.17. The van der Waals surface area contributed by atoms with Gasteiger partial charge in [0.25, 0.3) is 0 Å². The highest BCUT2D eigenvalue weighted by atomic mass is 32.3. The summed E-state index contributed by atoms with van der Waals surface area (Å²) in [6.07, 6.45) is 0. The van der Waals surface area contributed by atoms with Crippen LogP contribution >= 0.6 is 23.5 Å². The maximum Gasteiger partial charge on any atom is 0.301 e. The van der Waals surface area contributed by atoms with Gasteiger partial charge in [-0.05, 0) is 37.4 Å². The van der Waals surface area contributed by atoms with Gasteiger partial charge < -0.3 is 20.6 Å². The van der Waals surface area contributed by atoms with Crippen molar-refractivity contribution in [2.24, 2.45) is 22.9 Å². The number of rotatable bonds is 2. The summed E-state index contributed by atoms with van der Waals surface area (Å²) in [5.41, 5.74) is 20.7. The SMILES string of the molecule is CC(N)SC(N)=[NH2+].CC(N)SC(N)=[NH2+].O=S(=O)([O-])[O-]. The number of hydrogen-bond acceptors (Lipinski definition) is 8. The maximum absolute atomic E-state index is 8.52. The number of amidine groups is 2. The van der Waals surface area contributed by atoms with Crippen LogP contribution in [0.15, 0.2) is 0 Å². The first-order chi connectivity index (χ1) is 8.25. The zero-order chi connectivity index (χ0) is 16.2. The highest BCUT2D eigenvalue weighted by Gasteiger charge is 1.99. The van der Waals surface area contributed by atoms with Gasteiger partial charge in [0.05, 0.1) is 10.7 Å². The first kappa shape index (κ1) is 23.5. The molecule has 0 rings (SSSR count). The van der Waals surface area contributed by atoms with Gasteiger partial charge in [0.15, 0.2) is 0 Å². The molecule has 0 radical (unpaired) electrons. The third-order valence-corrected chi connectivity index (χ3v) is 1.93. The molecule has 0 fully saturated rings. The minimum Gasteiger partial charge on any atom is -0.759 e. The van der Waals surface area contributed by atoms with Gasteiger partial charge in [0.2, 0.25) is 0 Å². The molecular formula is C6H20N6O4S3. The van der Waals surface area contributed by atoms with E-state index >= 15 is 0 Å². The number of thioether (sulfide) groups is 2. The number of nitrogens with two attached hydrogens (primary N) is 6. The first-order valence-corrected chi connectivity index (χ1v) is 7.62. The summed E-state index contributed by atoms with van der Waals surface area (Å²) < 4.78 is 34.1. The predicted octanol–water partition coefficient (Wildman–Crippen LogP) is -5.14. The van der Waals surface area contributed by atoms with Crippen molar-refractivity contribution in [3.63, 3.8) is 0 Å². The van der Waals surface area contributed by atoms with Gasteiger partial charge in [0, 0.05) is 10.4 Å². The highest BCUT2D eigenvalue weighted by molar-refractivity contribution is 8.14. The van der Waals surface area contributed by atoms with Gasteiger partial charge in [-0.15, -0.1) is 0 Å². The molecule has 0 aliphatic carbocycles. The van der Waals surface area contributed by atoms with Crippen molar-refractivity contribution in [3.8, 4) is 0 Å². The molecule has 0 saturated carbocycles. The Kier molecular flexibility index (Phi) is 15.4. The fraction of sp³-hybridized carbons (Fsp3) is 0.667.